The molecule has 0 heterocycles. The highest BCUT2D eigenvalue weighted by Crippen LogP contribution is 2.20. The van der Waals surface area contributed by atoms with Crippen LogP contribution in [-0.2, 0) is 6.54 Å². The predicted molar refractivity (Wildman–Crippen MR) is 74.5 cm³/mol. The fraction of sp³-hybridized carbons (Fsp3) is 0.200. The van der Waals surface area contributed by atoms with Gasteiger partial charge < -0.3 is 10.4 Å². The molecule has 2 aromatic rings. The number of rotatable bonds is 5. The van der Waals surface area contributed by atoms with Crippen LogP contribution in [0.5, 0.6) is 0 Å². The molecule has 1 unspecified atom stereocenters. The zero-order chi connectivity index (χ0) is 14.5. The molecule has 2 N–H and O–H groups in total. The summed E-state index contributed by atoms with van der Waals surface area (Å²) in [4.78, 5) is 0. The van der Waals surface area contributed by atoms with Crippen molar-refractivity contribution in [1.29, 1.82) is 0 Å². The second-order valence-corrected chi connectivity index (χ2v) is 4.84. The molecule has 1 atom stereocenters. The molecular weight excluding hydrogens is 284 g/mol. The van der Waals surface area contributed by atoms with E-state index < -0.39 is 17.7 Å². The summed E-state index contributed by atoms with van der Waals surface area (Å²) >= 11 is 5.77. The van der Waals surface area contributed by atoms with E-state index in [1.54, 1.807) is 12.1 Å². The minimum Gasteiger partial charge on any atom is -0.387 e. The van der Waals surface area contributed by atoms with Crippen LogP contribution in [0, 0.1) is 11.6 Å². The fourth-order valence-corrected chi connectivity index (χ4v) is 2.01. The number of hydrogen-bond donors (Lipinski definition) is 2. The first kappa shape index (κ1) is 14.9. The van der Waals surface area contributed by atoms with Crippen LogP contribution < -0.4 is 5.32 Å². The third-order valence-corrected chi connectivity index (χ3v) is 3.16. The van der Waals surface area contributed by atoms with Crippen molar-refractivity contribution in [2.45, 2.75) is 12.6 Å². The number of halogens is 3. The number of benzene rings is 2. The largest absolute Gasteiger partial charge is 0.387 e. The molecule has 0 aromatic heterocycles. The van der Waals surface area contributed by atoms with Crippen LogP contribution in [-0.4, -0.2) is 11.7 Å². The third kappa shape index (κ3) is 3.76. The highest BCUT2D eigenvalue weighted by molar-refractivity contribution is 6.30. The quantitative estimate of drug-likeness (QED) is 0.886. The summed E-state index contributed by atoms with van der Waals surface area (Å²) in [5.41, 5.74) is 0.659. The Morgan fingerprint density at radius 3 is 2.25 bits per heavy atom. The average Bonchev–Trinajstić information content (AvgIpc) is 2.41. The number of nitrogens with one attached hydrogen (secondary N) is 1. The highest BCUT2D eigenvalue weighted by Gasteiger charge is 2.17. The summed E-state index contributed by atoms with van der Waals surface area (Å²) in [5, 5.41) is 13.4. The molecule has 0 spiro atoms. The molecule has 0 amide bonds. The van der Waals surface area contributed by atoms with Crippen LogP contribution >= 0.6 is 11.6 Å². The van der Waals surface area contributed by atoms with Gasteiger partial charge in [0, 0.05) is 18.1 Å². The Morgan fingerprint density at radius 1 is 1.05 bits per heavy atom. The van der Waals surface area contributed by atoms with Crippen LogP contribution in [0.15, 0.2) is 42.5 Å². The van der Waals surface area contributed by atoms with Crippen LogP contribution in [0.2, 0.25) is 5.02 Å². The smallest absolute Gasteiger partial charge is 0.131 e. The maximum atomic E-state index is 13.5. The first-order chi connectivity index (χ1) is 9.58. The standard InChI is InChI=1S/C15H14ClF2NO/c16-11-6-4-10(5-7-11)8-19-9-14(20)15-12(17)2-1-3-13(15)18/h1-7,14,19-20H,8-9H2. The predicted octanol–water partition coefficient (Wildman–Crippen LogP) is 3.44. The Morgan fingerprint density at radius 2 is 1.65 bits per heavy atom. The molecule has 2 nitrogen and oxygen atoms in total. The van der Waals surface area contributed by atoms with Gasteiger partial charge in [-0.15, -0.1) is 0 Å². The second kappa shape index (κ2) is 6.79. The first-order valence-corrected chi connectivity index (χ1v) is 6.53. The number of aliphatic hydroxyl groups is 1. The lowest BCUT2D eigenvalue weighted by Gasteiger charge is -2.14. The van der Waals surface area contributed by atoms with Crippen molar-refractivity contribution in [3.8, 4) is 0 Å². The normalized spacial score (nSPS) is 12.4. The molecule has 20 heavy (non-hydrogen) atoms. The Labute approximate surface area is 121 Å². The van der Waals surface area contributed by atoms with Crippen molar-refractivity contribution in [3.05, 3.63) is 70.2 Å². The Hall–Kier alpha value is -1.49. The van der Waals surface area contributed by atoms with Crippen molar-refractivity contribution >= 4 is 11.6 Å². The number of aliphatic hydroxyl groups excluding tert-OH is 1. The van der Waals surface area contributed by atoms with Gasteiger partial charge in [0.2, 0.25) is 0 Å². The molecule has 0 fully saturated rings. The van der Waals surface area contributed by atoms with Crippen LogP contribution in [0.4, 0.5) is 8.78 Å². The van der Waals surface area contributed by atoms with E-state index in [1.807, 2.05) is 12.1 Å². The molecule has 0 aliphatic heterocycles. The van der Waals surface area contributed by atoms with Crippen molar-refractivity contribution in [2.75, 3.05) is 6.54 Å². The van der Waals surface area contributed by atoms with E-state index in [0.717, 1.165) is 17.7 Å². The Bertz CT molecular complexity index is 554. The van der Waals surface area contributed by atoms with Crippen molar-refractivity contribution < 1.29 is 13.9 Å². The summed E-state index contributed by atoms with van der Waals surface area (Å²) in [5.74, 6) is -1.49. The minimum absolute atomic E-state index is 0.0560. The summed E-state index contributed by atoms with van der Waals surface area (Å²) in [6.07, 6.45) is -1.23. The molecular formula is C15H14ClF2NO. The summed E-state index contributed by atoms with van der Waals surface area (Å²) in [7, 11) is 0. The van der Waals surface area contributed by atoms with E-state index in [0.29, 0.717) is 11.6 Å². The van der Waals surface area contributed by atoms with E-state index in [2.05, 4.69) is 5.32 Å². The molecule has 5 heteroatoms. The third-order valence-electron chi connectivity index (χ3n) is 2.91. The average molecular weight is 298 g/mol. The highest BCUT2D eigenvalue weighted by atomic mass is 35.5. The molecule has 0 aliphatic carbocycles. The lowest BCUT2D eigenvalue weighted by atomic mass is 10.1. The van der Waals surface area contributed by atoms with Gasteiger partial charge in [0.05, 0.1) is 11.7 Å². The van der Waals surface area contributed by atoms with Crippen LogP contribution in [0.1, 0.15) is 17.2 Å². The zero-order valence-electron chi connectivity index (χ0n) is 10.6. The van der Waals surface area contributed by atoms with Crippen molar-refractivity contribution in [3.63, 3.8) is 0 Å². The van der Waals surface area contributed by atoms with Gasteiger partial charge in [0.25, 0.3) is 0 Å². The summed E-state index contributed by atoms with van der Waals surface area (Å²) < 4.78 is 26.9. The molecule has 0 radical (unpaired) electrons. The van der Waals surface area contributed by atoms with Gasteiger partial charge in [0.1, 0.15) is 11.6 Å². The summed E-state index contributed by atoms with van der Waals surface area (Å²) in [6.45, 7) is 0.533. The van der Waals surface area contributed by atoms with Gasteiger partial charge in [-0.1, -0.05) is 29.8 Å². The lowest BCUT2D eigenvalue weighted by Crippen LogP contribution is -2.22. The monoisotopic (exact) mass is 297 g/mol. The Kier molecular flexibility index (Phi) is 5.06. The maximum absolute atomic E-state index is 13.5. The first-order valence-electron chi connectivity index (χ1n) is 6.15. The van der Waals surface area contributed by atoms with E-state index in [4.69, 9.17) is 11.6 Å². The van der Waals surface area contributed by atoms with Crippen molar-refractivity contribution in [1.82, 2.24) is 5.32 Å². The van der Waals surface area contributed by atoms with Gasteiger partial charge in [-0.2, -0.15) is 0 Å². The van der Waals surface area contributed by atoms with E-state index in [-0.39, 0.29) is 12.1 Å². The minimum atomic E-state index is -1.23. The fourth-order valence-electron chi connectivity index (χ4n) is 1.89. The molecule has 0 saturated carbocycles. The Balaban J connectivity index is 1.92. The van der Waals surface area contributed by atoms with E-state index in [9.17, 15) is 13.9 Å². The van der Waals surface area contributed by atoms with E-state index in [1.165, 1.54) is 6.07 Å². The van der Waals surface area contributed by atoms with Crippen LogP contribution in [0.25, 0.3) is 0 Å². The lowest BCUT2D eigenvalue weighted by molar-refractivity contribution is 0.164. The van der Waals surface area contributed by atoms with E-state index >= 15 is 0 Å². The molecule has 106 valence electrons. The van der Waals surface area contributed by atoms with Gasteiger partial charge in [-0.3, -0.25) is 0 Å². The van der Waals surface area contributed by atoms with Gasteiger partial charge in [-0.05, 0) is 29.8 Å². The topological polar surface area (TPSA) is 32.3 Å². The number of hydrogen-bond acceptors (Lipinski definition) is 2. The maximum Gasteiger partial charge on any atom is 0.131 e. The van der Waals surface area contributed by atoms with Gasteiger partial charge in [-0.25, -0.2) is 8.78 Å². The van der Waals surface area contributed by atoms with Gasteiger partial charge in [0.15, 0.2) is 0 Å². The van der Waals surface area contributed by atoms with Crippen LogP contribution in [0.3, 0.4) is 0 Å². The molecule has 0 saturated heterocycles. The second-order valence-electron chi connectivity index (χ2n) is 4.41. The molecule has 2 aromatic carbocycles. The summed E-state index contributed by atoms with van der Waals surface area (Å²) in [6, 6.07) is 10.7. The van der Waals surface area contributed by atoms with Crippen molar-refractivity contribution in [2.24, 2.45) is 0 Å². The SMILES string of the molecule is OC(CNCc1ccc(Cl)cc1)c1c(F)cccc1F. The molecule has 0 aliphatic rings. The molecule has 0 bridgehead atoms. The molecule has 2 rings (SSSR count). The van der Waals surface area contributed by atoms with Gasteiger partial charge >= 0.3 is 0 Å². The zero-order valence-corrected chi connectivity index (χ0v) is 11.4.